The molecule has 2 unspecified atom stereocenters. The largest absolute Gasteiger partial charge is 0.496 e. The summed E-state index contributed by atoms with van der Waals surface area (Å²) in [5, 5.41) is 0. The van der Waals surface area contributed by atoms with Crippen LogP contribution >= 0.6 is 0 Å². The van der Waals surface area contributed by atoms with Crippen molar-refractivity contribution in [1.82, 2.24) is 4.90 Å². The van der Waals surface area contributed by atoms with Gasteiger partial charge < -0.3 is 9.64 Å². The highest BCUT2D eigenvalue weighted by Gasteiger charge is 2.66. The van der Waals surface area contributed by atoms with Crippen molar-refractivity contribution in [1.29, 1.82) is 0 Å². The minimum Gasteiger partial charge on any atom is -0.496 e. The van der Waals surface area contributed by atoms with Crippen LogP contribution in [-0.4, -0.2) is 45.7 Å². The molecule has 2 aromatic carbocycles. The number of para-hydroxylation sites is 1. The normalized spacial score (nSPS) is 25.2. The van der Waals surface area contributed by atoms with Crippen molar-refractivity contribution in [3.05, 3.63) is 65.7 Å². The summed E-state index contributed by atoms with van der Waals surface area (Å²) >= 11 is 0. The highest BCUT2D eigenvalue weighted by Crippen LogP contribution is 2.63. The van der Waals surface area contributed by atoms with Gasteiger partial charge in [-0.3, -0.25) is 9.52 Å². The molecule has 7 heteroatoms. The summed E-state index contributed by atoms with van der Waals surface area (Å²) in [6, 6.07) is 15.2. The first-order valence-electron chi connectivity index (χ1n) is 9.90. The predicted octanol–water partition coefficient (Wildman–Crippen LogP) is 3.13. The minimum atomic E-state index is -3.31. The van der Waals surface area contributed by atoms with E-state index < -0.39 is 10.0 Å². The molecule has 0 bridgehead atoms. The number of nitrogens with one attached hydrogen (secondary N) is 1. The molecule has 1 saturated carbocycles. The summed E-state index contributed by atoms with van der Waals surface area (Å²) in [7, 11) is -1.70. The molecule has 2 fully saturated rings. The molecule has 158 valence electrons. The number of likely N-dealkylation sites (tertiary alicyclic amines) is 1. The zero-order valence-electron chi connectivity index (χ0n) is 17.3. The standard InChI is InChI=1S/C23H26N2O4S/c1-23(17-8-6-9-18(13-17)24-30(3,27)28)19-14-25(15-20(19)23)22(26)12-11-16-7-4-5-10-21(16)29-2/h4-13,19-20,24H,14-15H2,1-3H3. The van der Waals surface area contributed by atoms with Crippen molar-refractivity contribution >= 4 is 27.7 Å². The molecule has 2 aromatic rings. The van der Waals surface area contributed by atoms with Crippen LogP contribution in [0.25, 0.3) is 6.08 Å². The molecule has 1 N–H and O–H groups in total. The average molecular weight is 427 g/mol. The molecule has 0 radical (unpaired) electrons. The molecule has 6 nitrogen and oxygen atoms in total. The summed E-state index contributed by atoms with van der Waals surface area (Å²) in [6.45, 7) is 3.62. The van der Waals surface area contributed by atoms with Crippen LogP contribution in [0.5, 0.6) is 5.75 Å². The van der Waals surface area contributed by atoms with Crippen LogP contribution in [0.4, 0.5) is 5.69 Å². The second kappa shape index (κ2) is 7.47. The quantitative estimate of drug-likeness (QED) is 0.720. The molecule has 1 heterocycles. The van der Waals surface area contributed by atoms with E-state index in [1.54, 1.807) is 25.3 Å². The van der Waals surface area contributed by atoms with Crippen LogP contribution in [-0.2, 0) is 20.2 Å². The van der Waals surface area contributed by atoms with E-state index in [1.807, 2.05) is 47.4 Å². The van der Waals surface area contributed by atoms with Gasteiger partial charge in [0, 0.05) is 35.8 Å². The third-order valence-electron chi connectivity index (χ3n) is 6.40. The Balaban J connectivity index is 1.42. The number of piperidine rings is 1. The van der Waals surface area contributed by atoms with Crippen molar-refractivity contribution in [3.63, 3.8) is 0 Å². The van der Waals surface area contributed by atoms with Gasteiger partial charge in [-0.1, -0.05) is 37.3 Å². The van der Waals surface area contributed by atoms with Gasteiger partial charge >= 0.3 is 0 Å². The second-order valence-corrected chi connectivity index (χ2v) is 10.0. The van der Waals surface area contributed by atoms with Crippen molar-refractivity contribution < 1.29 is 17.9 Å². The van der Waals surface area contributed by atoms with Crippen molar-refractivity contribution in [2.75, 3.05) is 31.2 Å². The molecular weight excluding hydrogens is 400 g/mol. The summed E-state index contributed by atoms with van der Waals surface area (Å²) < 4.78 is 30.9. The van der Waals surface area contributed by atoms with Crippen LogP contribution in [0, 0.1) is 11.8 Å². The molecule has 1 amide bonds. The van der Waals surface area contributed by atoms with Crippen LogP contribution in [0.2, 0.25) is 0 Å². The number of hydrogen-bond acceptors (Lipinski definition) is 4. The Hall–Kier alpha value is -2.80. The third-order valence-corrected chi connectivity index (χ3v) is 7.00. The van der Waals surface area contributed by atoms with E-state index >= 15 is 0 Å². The number of hydrogen-bond donors (Lipinski definition) is 1. The molecule has 2 atom stereocenters. The van der Waals surface area contributed by atoms with Crippen LogP contribution in [0.15, 0.2) is 54.6 Å². The van der Waals surface area contributed by atoms with Crippen molar-refractivity contribution in [2.24, 2.45) is 11.8 Å². The lowest BCUT2D eigenvalue weighted by atomic mass is 9.92. The fraction of sp³-hybridized carbons (Fsp3) is 0.348. The number of methoxy groups -OCH3 is 1. The first-order valence-corrected chi connectivity index (χ1v) is 11.8. The molecule has 0 spiro atoms. The van der Waals surface area contributed by atoms with Gasteiger partial charge in [-0.2, -0.15) is 0 Å². The summed E-state index contributed by atoms with van der Waals surface area (Å²) in [4.78, 5) is 14.6. The second-order valence-electron chi connectivity index (χ2n) is 8.27. The smallest absolute Gasteiger partial charge is 0.246 e. The lowest BCUT2D eigenvalue weighted by Gasteiger charge is -2.24. The number of carbonyl (C=O) groups is 1. The molecule has 2 aliphatic rings. The average Bonchev–Trinajstić information content (AvgIpc) is 3.05. The van der Waals surface area contributed by atoms with Crippen molar-refractivity contribution in [2.45, 2.75) is 12.3 Å². The molecule has 30 heavy (non-hydrogen) atoms. The number of nitrogens with zero attached hydrogens (tertiary/aromatic N) is 1. The monoisotopic (exact) mass is 426 g/mol. The van der Waals surface area contributed by atoms with E-state index in [0.717, 1.165) is 23.1 Å². The van der Waals surface area contributed by atoms with Crippen molar-refractivity contribution in [3.8, 4) is 5.75 Å². The maximum absolute atomic E-state index is 12.7. The van der Waals surface area contributed by atoms with Gasteiger partial charge in [0.05, 0.1) is 13.4 Å². The Morgan fingerprint density at radius 3 is 2.53 bits per heavy atom. The van der Waals surface area contributed by atoms with E-state index in [-0.39, 0.29) is 11.3 Å². The van der Waals surface area contributed by atoms with Gasteiger partial charge in [-0.05, 0) is 41.7 Å². The lowest BCUT2D eigenvalue weighted by molar-refractivity contribution is -0.125. The van der Waals surface area contributed by atoms with E-state index in [1.165, 1.54) is 0 Å². The zero-order chi connectivity index (χ0) is 21.5. The maximum atomic E-state index is 12.7. The highest BCUT2D eigenvalue weighted by molar-refractivity contribution is 7.92. The van der Waals surface area contributed by atoms with Crippen LogP contribution in [0.1, 0.15) is 18.1 Å². The summed E-state index contributed by atoms with van der Waals surface area (Å²) in [5.74, 6) is 1.51. The van der Waals surface area contributed by atoms with E-state index in [9.17, 15) is 13.2 Å². The Kier molecular flexibility index (Phi) is 5.10. The lowest BCUT2D eigenvalue weighted by Crippen LogP contribution is -2.33. The van der Waals surface area contributed by atoms with Gasteiger partial charge in [-0.25, -0.2) is 8.42 Å². The minimum absolute atomic E-state index is 0.00273. The number of carbonyl (C=O) groups excluding carboxylic acids is 1. The first kappa shape index (κ1) is 20.5. The summed E-state index contributed by atoms with van der Waals surface area (Å²) in [6.07, 6.45) is 4.55. The Morgan fingerprint density at radius 1 is 1.17 bits per heavy atom. The van der Waals surface area contributed by atoms with E-state index in [4.69, 9.17) is 4.74 Å². The zero-order valence-corrected chi connectivity index (χ0v) is 18.1. The number of sulfonamides is 1. The fourth-order valence-electron chi connectivity index (χ4n) is 4.69. The third kappa shape index (κ3) is 3.81. The fourth-order valence-corrected chi connectivity index (χ4v) is 5.25. The Morgan fingerprint density at radius 2 is 1.87 bits per heavy atom. The topological polar surface area (TPSA) is 75.7 Å². The number of rotatable bonds is 6. The summed E-state index contributed by atoms with van der Waals surface area (Å²) in [5.41, 5.74) is 2.53. The molecular formula is C23H26N2O4S. The van der Waals surface area contributed by atoms with Gasteiger partial charge in [-0.15, -0.1) is 0 Å². The molecule has 1 aliphatic carbocycles. The van der Waals surface area contributed by atoms with Gasteiger partial charge in [0.1, 0.15) is 5.75 Å². The van der Waals surface area contributed by atoms with Crippen LogP contribution < -0.4 is 9.46 Å². The number of benzene rings is 2. The number of fused-ring (bicyclic) bond motifs is 1. The van der Waals surface area contributed by atoms with Gasteiger partial charge in [0.15, 0.2) is 0 Å². The Labute approximate surface area is 177 Å². The van der Waals surface area contributed by atoms with E-state index in [0.29, 0.717) is 30.6 Å². The highest BCUT2D eigenvalue weighted by atomic mass is 32.2. The molecule has 1 saturated heterocycles. The molecule has 4 rings (SSSR count). The van der Waals surface area contributed by atoms with Gasteiger partial charge in [0.25, 0.3) is 0 Å². The maximum Gasteiger partial charge on any atom is 0.246 e. The molecule has 0 aromatic heterocycles. The number of anilines is 1. The first-order chi connectivity index (χ1) is 14.2. The predicted molar refractivity (Wildman–Crippen MR) is 118 cm³/mol. The SMILES string of the molecule is COc1ccccc1C=CC(=O)N1CC2C(C1)C2(C)c1cccc(NS(C)(=O)=O)c1. The number of ether oxygens (including phenoxy) is 1. The van der Waals surface area contributed by atoms with Gasteiger partial charge in [0.2, 0.25) is 15.9 Å². The Bertz CT molecular complexity index is 1100. The number of amides is 1. The van der Waals surface area contributed by atoms with Crippen LogP contribution in [0.3, 0.4) is 0 Å². The molecule has 1 aliphatic heterocycles. The van der Waals surface area contributed by atoms with E-state index in [2.05, 4.69) is 11.6 Å².